The lowest BCUT2D eigenvalue weighted by Crippen LogP contribution is -2.23. The lowest BCUT2D eigenvalue weighted by Gasteiger charge is -2.14. The van der Waals surface area contributed by atoms with Crippen LogP contribution in [0.3, 0.4) is 0 Å². The number of nitrogens with zero attached hydrogens (tertiary/aromatic N) is 1. The first-order valence-corrected chi connectivity index (χ1v) is 6.21. The number of ether oxygens (including phenoxy) is 3. The number of hydrogen-bond donors (Lipinski definition) is 0. The summed E-state index contributed by atoms with van der Waals surface area (Å²) in [4.78, 5) is 10.3. The lowest BCUT2D eigenvalue weighted by molar-refractivity contribution is -0.386. The van der Waals surface area contributed by atoms with E-state index in [0.29, 0.717) is 12.8 Å². The van der Waals surface area contributed by atoms with Gasteiger partial charge in [0.1, 0.15) is 11.9 Å². The Morgan fingerprint density at radius 3 is 2.35 bits per heavy atom. The molecule has 1 aliphatic rings. The van der Waals surface area contributed by atoms with Gasteiger partial charge in [-0.15, -0.1) is 0 Å². The molecule has 110 valence electrons. The van der Waals surface area contributed by atoms with Crippen molar-refractivity contribution in [1.29, 1.82) is 0 Å². The summed E-state index contributed by atoms with van der Waals surface area (Å²) in [6, 6.07) is 3.16. The van der Waals surface area contributed by atoms with Gasteiger partial charge in [0, 0.05) is 39.2 Å². The zero-order valence-corrected chi connectivity index (χ0v) is 11.2. The van der Waals surface area contributed by atoms with Crippen LogP contribution in [0, 0.1) is 15.9 Å². The standard InChI is InChI=1S/C13H16FNO5/c1-18-12-6-9(7-13(12)19-2)20-11-5-8(14)3-4-10(11)15(16)17/h3-5,9,12-13H,6-7H2,1-2H3. The SMILES string of the molecule is COC1CC(Oc2cc(F)ccc2[N+](=O)[O-])CC1OC. The summed E-state index contributed by atoms with van der Waals surface area (Å²) in [7, 11) is 3.15. The monoisotopic (exact) mass is 285 g/mol. The van der Waals surface area contributed by atoms with Gasteiger partial charge in [-0.2, -0.15) is 0 Å². The van der Waals surface area contributed by atoms with E-state index in [1.807, 2.05) is 0 Å². The number of nitro groups is 1. The summed E-state index contributed by atoms with van der Waals surface area (Å²) < 4.78 is 29.3. The van der Waals surface area contributed by atoms with E-state index in [-0.39, 0.29) is 29.7 Å². The highest BCUT2D eigenvalue weighted by Crippen LogP contribution is 2.33. The van der Waals surface area contributed by atoms with Crippen molar-refractivity contribution in [2.45, 2.75) is 31.2 Å². The fraction of sp³-hybridized carbons (Fsp3) is 0.538. The zero-order chi connectivity index (χ0) is 14.7. The molecule has 2 rings (SSSR count). The van der Waals surface area contributed by atoms with E-state index in [1.165, 1.54) is 0 Å². The smallest absolute Gasteiger partial charge is 0.311 e. The molecule has 2 atom stereocenters. The summed E-state index contributed by atoms with van der Waals surface area (Å²) in [5.41, 5.74) is -0.249. The minimum absolute atomic E-state index is 0.0633. The highest BCUT2D eigenvalue weighted by molar-refractivity contribution is 5.46. The van der Waals surface area contributed by atoms with Gasteiger partial charge in [-0.05, 0) is 6.07 Å². The average Bonchev–Trinajstić information content (AvgIpc) is 2.80. The number of halogens is 1. The largest absolute Gasteiger partial charge is 0.483 e. The van der Waals surface area contributed by atoms with Crippen LogP contribution in [-0.2, 0) is 9.47 Å². The van der Waals surface area contributed by atoms with E-state index >= 15 is 0 Å². The predicted octanol–water partition coefficient (Wildman–Crippen LogP) is 2.31. The fourth-order valence-electron chi connectivity index (χ4n) is 2.42. The van der Waals surface area contributed by atoms with Crippen LogP contribution in [0.15, 0.2) is 18.2 Å². The van der Waals surface area contributed by atoms with Gasteiger partial charge in [0.05, 0.1) is 17.1 Å². The summed E-state index contributed by atoms with van der Waals surface area (Å²) in [6.45, 7) is 0. The van der Waals surface area contributed by atoms with E-state index in [2.05, 4.69) is 0 Å². The topological polar surface area (TPSA) is 70.8 Å². The molecule has 0 saturated heterocycles. The normalized spacial score (nSPS) is 25.6. The van der Waals surface area contributed by atoms with E-state index in [0.717, 1.165) is 18.2 Å². The molecule has 1 fully saturated rings. The molecule has 0 aromatic heterocycles. The van der Waals surface area contributed by atoms with Gasteiger partial charge in [0.25, 0.3) is 0 Å². The number of methoxy groups -OCH3 is 2. The summed E-state index contributed by atoms with van der Waals surface area (Å²) in [5, 5.41) is 10.9. The summed E-state index contributed by atoms with van der Waals surface area (Å²) in [5.74, 6) is -0.637. The van der Waals surface area contributed by atoms with Crippen LogP contribution in [0.2, 0.25) is 0 Å². The van der Waals surface area contributed by atoms with Crippen LogP contribution in [0.4, 0.5) is 10.1 Å². The number of benzene rings is 1. The van der Waals surface area contributed by atoms with E-state index < -0.39 is 10.7 Å². The van der Waals surface area contributed by atoms with Crippen LogP contribution in [0.5, 0.6) is 5.75 Å². The van der Waals surface area contributed by atoms with Gasteiger partial charge in [-0.25, -0.2) is 4.39 Å². The molecule has 1 aliphatic carbocycles. The molecular formula is C13H16FNO5. The molecule has 2 unspecified atom stereocenters. The second-order valence-electron chi connectivity index (χ2n) is 4.63. The van der Waals surface area contributed by atoms with Crippen molar-refractivity contribution < 1.29 is 23.5 Å². The summed E-state index contributed by atoms with van der Waals surface area (Å²) >= 11 is 0. The maximum absolute atomic E-state index is 13.2. The molecular weight excluding hydrogens is 269 g/mol. The summed E-state index contributed by atoms with van der Waals surface area (Å²) in [6.07, 6.45) is 0.534. The Kier molecular flexibility index (Phi) is 4.51. The van der Waals surface area contributed by atoms with E-state index in [4.69, 9.17) is 14.2 Å². The Morgan fingerprint density at radius 1 is 1.25 bits per heavy atom. The van der Waals surface area contributed by atoms with Gasteiger partial charge in [0.15, 0.2) is 5.75 Å². The van der Waals surface area contributed by atoms with Gasteiger partial charge < -0.3 is 14.2 Å². The zero-order valence-electron chi connectivity index (χ0n) is 11.2. The first kappa shape index (κ1) is 14.7. The third-order valence-electron chi connectivity index (χ3n) is 3.42. The van der Waals surface area contributed by atoms with Crippen molar-refractivity contribution in [1.82, 2.24) is 0 Å². The molecule has 0 spiro atoms. The Balaban J connectivity index is 2.14. The quantitative estimate of drug-likeness (QED) is 0.613. The Hall–Kier alpha value is -1.73. The highest BCUT2D eigenvalue weighted by atomic mass is 19.1. The van der Waals surface area contributed by atoms with Crippen LogP contribution in [0.1, 0.15) is 12.8 Å². The maximum atomic E-state index is 13.2. The number of nitro benzene ring substituents is 1. The number of rotatable bonds is 5. The van der Waals surface area contributed by atoms with Crippen molar-refractivity contribution >= 4 is 5.69 Å². The molecule has 0 radical (unpaired) electrons. The van der Waals surface area contributed by atoms with Gasteiger partial charge in [-0.1, -0.05) is 0 Å². The molecule has 0 aliphatic heterocycles. The molecule has 20 heavy (non-hydrogen) atoms. The molecule has 0 N–H and O–H groups in total. The molecule has 1 saturated carbocycles. The first-order valence-electron chi connectivity index (χ1n) is 6.21. The predicted molar refractivity (Wildman–Crippen MR) is 68.3 cm³/mol. The third-order valence-corrected chi connectivity index (χ3v) is 3.42. The second-order valence-corrected chi connectivity index (χ2v) is 4.63. The molecule has 6 nitrogen and oxygen atoms in total. The van der Waals surface area contributed by atoms with Gasteiger partial charge >= 0.3 is 5.69 Å². The van der Waals surface area contributed by atoms with E-state index in [1.54, 1.807) is 14.2 Å². The molecule has 7 heteroatoms. The Morgan fingerprint density at radius 2 is 1.85 bits per heavy atom. The Labute approximate surface area is 115 Å². The van der Waals surface area contributed by atoms with Crippen molar-refractivity contribution in [2.24, 2.45) is 0 Å². The van der Waals surface area contributed by atoms with Crippen LogP contribution in [-0.4, -0.2) is 37.5 Å². The van der Waals surface area contributed by atoms with Crippen molar-refractivity contribution in [2.75, 3.05) is 14.2 Å². The molecule has 0 bridgehead atoms. The minimum Gasteiger partial charge on any atom is -0.483 e. The van der Waals surface area contributed by atoms with Crippen LogP contribution < -0.4 is 4.74 Å². The van der Waals surface area contributed by atoms with Gasteiger partial charge in [0.2, 0.25) is 0 Å². The van der Waals surface area contributed by atoms with Crippen molar-refractivity contribution in [3.63, 3.8) is 0 Å². The molecule has 0 amide bonds. The van der Waals surface area contributed by atoms with Crippen molar-refractivity contribution in [3.05, 3.63) is 34.1 Å². The highest BCUT2D eigenvalue weighted by Gasteiger charge is 2.36. The molecule has 1 aromatic carbocycles. The third kappa shape index (κ3) is 3.05. The molecule has 0 heterocycles. The van der Waals surface area contributed by atoms with Gasteiger partial charge in [-0.3, -0.25) is 10.1 Å². The Bertz CT molecular complexity index is 484. The van der Waals surface area contributed by atoms with Crippen LogP contribution in [0.25, 0.3) is 0 Å². The molecule has 1 aromatic rings. The fourth-order valence-corrected chi connectivity index (χ4v) is 2.42. The minimum atomic E-state index is -0.592. The van der Waals surface area contributed by atoms with E-state index in [9.17, 15) is 14.5 Å². The van der Waals surface area contributed by atoms with Crippen LogP contribution >= 0.6 is 0 Å². The second kappa shape index (κ2) is 6.15. The maximum Gasteiger partial charge on any atom is 0.311 e. The average molecular weight is 285 g/mol. The first-order chi connectivity index (χ1) is 9.55. The number of hydrogen-bond acceptors (Lipinski definition) is 5. The lowest BCUT2D eigenvalue weighted by atomic mass is 10.2. The van der Waals surface area contributed by atoms with Crippen molar-refractivity contribution in [3.8, 4) is 5.75 Å².